The van der Waals surface area contributed by atoms with Gasteiger partial charge in [0.15, 0.2) is 12.4 Å². The fraction of sp³-hybridized carbons (Fsp3) is 0.143. The van der Waals surface area contributed by atoms with E-state index in [0.29, 0.717) is 28.0 Å². The highest BCUT2D eigenvalue weighted by atomic mass is 127. The lowest BCUT2D eigenvalue weighted by molar-refractivity contribution is -0.149. The Labute approximate surface area is 258 Å². The van der Waals surface area contributed by atoms with Gasteiger partial charge in [-0.3, -0.25) is 4.79 Å². The molecule has 0 N–H and O–H groups in total. The number of carbonyl (C=O) groups excluding carboxylic acids is 1. The van der Waals surface area contributed by atoms with Gasteiger partial charge < -0.3 is 13.9 Å². The summed E-state index contributed by atoms with van der Waals surface area (Å²) in [5.41, 5.74) is 1.64. The van der Waals surface area contributed by atoms with Gasteiger partial charge in [0.25, 0.3) is 5.56 Å². The number of hydrogen-bond donors (Lipinski definition) is 0. The molecular weight excluding hydrogens is 792 g/mol. The Morgan fingerprint density at radius 2 is 1.87 bits per heavy atom. The molecule has 0 unspecified atom stereocenters. The van der Waals surface area contributed by atoms with Crippen molar-refractivity contribution in [3.8, 4) is 17.3 Å². The van der Waals surface area contributed by atoms with E-state index in [9.17, 15) is 9.59 Å². The third kappa shape index (κ3) is 6.19. The van der Waals surface area contributed by atoms with Crippen LogP contribution in [0.4, 0.5) is 0 Å². The molecule has 0 saturated heterocycles. The van der Waals surface area contributed by atoms with Gasteiger partial charge in [-0.1, -0.05) is 28.1 Å². The maximum Gasteiger partial charge on any atom is 0.344 e. The first-order chi connectivity index (χ1) is 18.7. The molecule has 0 aliphatic heterocycles. The van der Waals surface area contributed by atoms with E-state index in [1.54, 1.807) is 38.3 Å². The zero-order chi connectivity index (χ0) is 27.7. The van der Waals surface area contributed by atoms with Gasteiger partial charge in [-0.15, -0.1) is 0 Å². The molecule has 0 aliphatic rings. The average Bonchev–Trinajstić information content (AvgIpc) is 3.30. The standard InChI is InChI=1S/C28H20BrI2N3O5/c1-15(2)38-25(35)14-37-26-20(30)9-16(10-21(26)31)13-32-34-27(33-22-6-4-3-5-19(22)28(34)36)24-12-17-11-18(29)7-8-23(17)39-24/h3-13,15H,14H2,1-2H3. The Hall–Kier alpha value is -2.78. The number of fused-ring (bicyclic) bond motifs is 2. The zero-order valence-corrected chi connectivity index (χ0v) is 26.6. The summed E-state index contributed by atoms with van der Waals surface area (Å²) in [5.74, 6) is 0.850. The molecule has 0 bridgehead atoms. The number of halogens is 3. The second kappa shape index (κ2) is 11.8. The lowest BCUT2D eigenvalue weighted by Gasteiger charge is -2.12. The van der Waals surface area contributed by atoms with Gasteiger partial charge in [-0.05, 0) is 113 Å². The minimum absolute atomic E-state index is 0.187. The molecule has 5 rings (SSSR count). The number of furan rings is 1. The molecule has 0 aliphatic carbocycles. The van der Waals surface area contributed by atoms with Gasteiger partial charge in [0, 0.05) is 9.86 Å². The SMILES string of the molecule is CC(C)OC(=O)COc1c(I)cc(C=Nn2c(-c3cc4cc(Br)ccc4o3)nc3ccccc3c2=O)cc1I. The molecule has 0 amide bonds. The molecule has 0 atom stereocenters. The topological polar surface area (TPSA) is 95.9 Å². The Morgan fingerprint density at radius 1 is 1.13 bits per heavy atom. The van der Waals surface area contributed by atoms with Crippen LogP contribution in [-0.2, 0) is 9.53 Å². The molecule has 11 heteroatoms. The summed E-state index contributed by atoms with van der Waals surface area (Å²) in [6.07, 6.45) is 1.37. The van der Waals surface area contributed by atoms with Crippen molar-refractivity contribution in [1.82, 2.24) is 9.66 Å². The maximum atomic E-state index is 13.5. The summed E-state index contributed by atoms with van der Waals surface area (Å²) < 4.78 is 20.6. The van der Waals surface area contributed by atoms with Gasteiger partial charge >= 0.3 is 5.97 Å². The van der Waals surface area contributed by atoms with Crippen molar-refractivity contribution in [3.63, 3.8) is 0 Å². The lowest BCUT2D eigenvalue weighted by Crippen LogP contribution is -2.20. The largest absolute Gasteiger partial charge is 0.480 e. The number of aromatic nitrogens is 2. The monoisotopic (exact) mass is 811 g/mol. The minimum Gasteiger partial charge on any atom is -0.480 e. The van der Waals surface area contributed by atoms with Crippen molar-refractivity contribution >= 4 is 95.2 Å². The number of carbonyl (C=O) groups is 1. The van der Waals surface area contributed by atoms with Crippen molar-refractivity contribution in [2.45, 2.75) is 20.0 Å². The second-order valence-corrected chi connectivity index (χ2v) is 12.0. The quantitative estimate of drug-likeness (QED) is 0.1000. The molecule has 0 fully saturated rings. The van der Waals surface area contributed by atoms with Crippen molar-refractivity contribution in [3.05, 3.63) is 88.2 Å². The van der Waals surface area contributed by atoms with Crippen LogP contribution < -0.4 is 10.3 Å². The van der Waals surface area contributed by atoms with E-state index in [4.69, 9.17) is 18.9 Å². The van der Waals surface area contributed by atoms with E-state index in [1.165, 1.54) is 4.68 Å². The van der Waals surface area contributed by atoms with E-state index < -0.39 is 5.97 Å². The highest BCUT2D eigenvalue weighted by Crippen LogP contribution is 2.30. The second-order valence-electron chi connectivity index (χ2n) is 8.75. The maximum absolute atomic E-state index is 13.5. The number of esters is 1. The zero-order valence-electron chi connectivity index (χ0n) is 20.7. The summed E-state index contributed by atoms with van der Waals surface area (Å²) in [6.45, 7) is 3.39. The van der Waals surface area contributed by atoms with Crippen LogP contribution in [0.1, 0.15) is 19.4 Å². The third-order valence-electron chi connectivity index (χ3n) is 5.50. The van der Waals surface area contributed by atoms with E-state index in [0.717, 1.165) is 22.6 Å². The van der Waals surface area contributed by atoms with Crippen LogP contribution in [0.25, 0.3) is 33.5 Å². The summed E-state index contributed by atoms with van der Waals surface area (Å²) in [5, 5.41) is 5.85. The van der Waals surface area contributed by atoms with Crippen molar-refractivity contribution in [1.29, 1.82) is 0 Å². The molecule has 0 saturated carbocycles. The molecule has 0 spiro atoms. The molecular formula is C28H20BrI2N3O5. The highest BCUT2D eigenvalue weighted by Gasteiger charge is 2.17. The van der Waals surface area contributed by atoms with Crippen molar-refractivity contribution in [2.24, 2.45) is 5.10 Å². The van der Waals surface area contributed by atoms with Crippen LogP contribution >= 0.6 is 61.1 Å². The number of rotatable bonds is 7. The van der Waals surface area contributed by atoms with Crippen LogP contribution in [0.15, 0.2) is 79.4 Å². The number of benzene rings is 3. The lowest BCUT2D eigenvalue weighted by atomic mass is 10.2. The van der Waals surface area contributed by atoms with Crippen LogP contribution in [0.5, 0.6) is 5.75 Å². The predicted molar refractivity (Wildman–Crippen MR) is 171 cm³/mol. The third-order valence-corrected chi connectivity index (χ3v) is 7.59. The Bertz CT molecular complexity index is 1790. The molecule has 2 aromatic heterocycles. The van der Waals surface area contributed by atoms with E-state index >= 15 is 0 Å². The van der Waals surface area contributed by atoms with Gasteiger partial charge in [0.1, 0.15) is 11.3 Å². The smallest absolute Gasteiger partial charge is 0.344 e. The van der Waals surface area contributed by atoms with Crippen molar-refractivity contribution < 1.29 is 18.7 Å². The Balaban J connectivity index is 1.53. The van der Waals surface area contributed by atoms with Crippen molar-refractivity contribution in [2.75, 3.05) is 6.61 Å². The van der Waals surface area contributed by atoms with Crippen LogP contribution in [0.3, 0.4) is 0 Å². The molecule has 0 radical (unpaired) electrons. The van der Waals surface area contributed by atoms with E-state index in [-0.39, 0.29) is 24.1 Å². The number of hydrogen-bond acceptors (Lipinski definition) is 7. The summed E-state index contributed by atoms with van der Waals surface area (Å²) in [7, 11) is 0. The van der Waals surface area contributed by atoms with Gasteiger partial charge in [-0.25, -0.2) is 9.78 Å². The number of para-hydroxylation sites is 1. The van der Waals surface area contributed by atoms with E-state index in [2.05, 4.69) is 66.2 Å². The number of ether oxygens (including phenoxy) is 2. The summed E-state index contributed by atoms with van der Waals surface area (Å²) in [6, 6.07) is 18.4. The molecule has 39 heavy (non-hydrogen) atoms. The fourth-order valence-electron chi connectivity index (χ4n) is 3.86. The van der Waals surface area contributed by atoms with Gasteiger partial charge in [0.2, 0.25) is 5.82 Å². The minimum atomic E-state index is -0.434. The first-order valence-electron chi connectivity index (χ1n) is 11.8. The van der Waals surface area contributed by atoms with Crippen LogP contribution in [0.2, 0.25) is 0 Å². The Morgan fingerprint density at radius 3 is 2.62 bits per heavy atom. The Kier molecular flexibility index (Phi) is 8.38. The molecule has 5 aromatic rings. The summed E-state index contributed by atoms with van der Waals surface area (Å²) in [4.78, 5) is 30.1. The van der Waals surface area contributed by atoms with Crippen LogP contribution in [-0.4, -0.2) is 34.6 Å². The predicted octanol–water partition coefficient (Wildman–Crippen LogP) is 6.99. The fourth-order valence-corrected chi connectivity index (χ4v) is 6.37. The van der Waals surface area contributed by atoms with E-state index in [1.807, 2.05) is 42.5 Å². The average molecular weight is 812 g/mol. The highest BCUT2D eigenvalue weighted by molar-refractivity contribution is 14.1. The molecule has 198 valence electrons. The molecule has 2 heterocycles. The van der Waals surface area contributed by atoms with Gasteiger partial charge in [-0.2, -0.15) is 9.78 Å². The normalized spacial score (nSPS) is 11.6. The summed E-state index contributed by atoms with van der Waals surface area (Å²) >= 11 is 7.76. The molecule has 3 aromatic carbocycles. The number of nitrogens with zero attached hydrogens (tertiary/aromatic N) is 3. The van der Waals surface area contributed by atoms with Gasteiger partial charge in [0.05, 0.1) is 30.4 Å². The van der Waals surface area contributed by atoms with Crippen LogP contribution in [0, 0.1) is 7.14 Å². The first kappa shape index (κ1) is 27.8. The molecule has 8 nitrogen and oxygen atoms in total. The first-order valence-corrected chi connectivity index (χ1v) is 14.7.